The molecule has 1 fully saturated rings. The molecule has 1 aliphatic rings. The van der Waals surface area contributed by atoms with Crippen LogP contribution < -0.4 is 17.0 Å². The Labute approximate surface area is 129 Å². The molecular weight excluding hydrogens is 293 g/mol. The van der Waals surface area contributed by atoms with Gasteiger partial charge in [0.25, 0.3) is 0 Å². The first-order valence-corrected chi connectivity index (χ1v) is 7.38. The maximum absolute atomic E-state index is 13.9. The minimum atomic E-state index is -0.436. The molecule has 2 rings (SSSR count). The zero-order valence-electron chi connectivity index (χ0n) is 12.0. The topological polar surface area (TPSA) is 79.7 Å². The van der Waals surface area contributed by atoms with Crippen LogP contribution in [0.25, 0.3) is 0 Å². The van der Waals surface area contributed by atoms with E-state index in [1.807, 2.05) is 6.92 Å². The highest BCUT2D eigenvalue weighted by Crippen LogP contribution is 2.35. The number of halogens is 2. The van der Waals surface area contributed by atoms with Gasteiger partial charge in [0.05, 0.1) is 11.1 Å². The third kappa shape index (κ3) is 3.64. The number of nitrogens with two attached hydrogens (primary N) is 2. The van der Waals surface area contributed by atoms with Gasteiger partial charge >= 0.3 is 0 Å². The summed E-state index contributed by atoms with van der Waals surface area (Å²) in [6.45, 7) is 3.78. The summed E-state index contributed by atoms with van der Waals surface area (Å²) in [7, 11) is 0. The number of benzene rings is 1. The molecule has 1 aromatic carbocycles. The highest BCUT2D eigenvalue weighted by Gasteiger charge is 2.24. The van der Waals surface area contributed by atoms with Crippen molar-refractivity contribution < 1.29 is 4.39 Å². The fraction of sp³-hybridized carbons (Fsp3) is 0.500. The standard InChI is InChI=1S/C14H21ClFN5/c1-9(21(18)8-20-17)11-7-14(16)13(15)6-12(11)10-2-4-19-5-3-10/h6-10,19H,2-5,17-18H2,1H3/b20-8-. The Morgan fingerprint density at radius 1 is 1.48 bits per heavy atom. The van der Waals surface area contributed by atoms with Gasteiger partial charge < -0.3 is 11.2 Å². The zero-order chi connectivity index (χ0) is 15.4. The number of rotatable bonds is 4. The number of nitrogens with one attached hydrogen (secondary N) is 1. The van der Waals surface area contributed by atoms with Crippen molar-refractivity contribution in [1.82, 2.24) is 10.3 Å². The average molecular weight is 314 g/mol. The summed E-state index contributed by atoms with van der Waals surface area (Å²) in [5.74, 6) is 10.9. The van der Waals surface area contributed by atoms with Crippen LogP contribution in [0.3, 0.4) is 0 Å². The normalized spacial score (nSPS) is 18.1. The van der Waals surface area contributed by atoms with Crippen LogP contribution >= 0.6 is 11.6 Å². The summed E-state index contributed by atoms with van der Waals surface area (Å²) in [5, 5.41) is 8.25. The maximum atomic E-state index is 13.9. The van der Waals surface area contributed by atoms with Crippen LogP contribution in [0, 0.1) is 5.82 Å². The molecule has 0 bridgehead atoms. The molecule has 1 aromatic rings. The van der Waals surface area contributed by atoms with Crippen LogP contribution in [-0.4, -0.2) is 24.4 Å². The lowest BCUT2D eigenvalue weighted by Gasteiger charge is -2.30. The van der Waals surface area contributed by atoms with Crippen molar-refractivity contribution >= 4 is 17.9 Å². The van der Waals surface area contributed by atoms with Crippen molar-refractivity contribution in [2.75, 3.05) is 13.1 Å². The minimum absolute atomic E-state index is 0.149. The fourth-order valence-corrected chi connectivity index (χ4v) is 2.94. The smallest absolute Gasteiger partial charge is 0.142 e. The second kappa shape index (κ2) is 7.06. The molecule has 7 heteroatoms. The van der Waals surface area contributed by atoms with E-state index in [1.165, 1.54) is 17.4 Å². The van der Waals surface area contributed by atoms with Gasteiger partial charge in [-0.25, -0.2) is 10.2 Å². The van der Waals surface area contributed by atoms with E-state index in [1.54, 1.807) is 6.07 Å². The fourth-order valence-electron chi connectivity index (χ4n) is 2.76. The molecule has 1 saturated heterocycles. The summed E-state index contributed by atoms with van der Waals surface area (Å²) in [6, 6.07) is 2.95. The zero-order valence-corrected chi connectivity index (χ0v) is 12.8. The summed E-state index contributed by atoms with van der Waals surface area (Å²) < 4.78 is 13.9. The second-order valence-corrected chi connectivity index (χ2v) is 5.71. The molecule has 0 aromatic heterocycles. The van der Waals surface area contributed by atoms with E-state index in [9.17, 15) is 4.39 Å². The van der Waals surface area contributed by atoms with E-state index in [2.05, 4.69) is 10.4 Å². The lowest BCUT2D eigenvalue weighted by atomic mass is 9.85. The van der Waals surface area contributed by atoms with Crippen molar-refractivity contribution in [2.45, 2.75) is 31.7 Å². The average Bonchev–Trinajstić information content (AvgIpc) is 2.50. The van der Waals surface area contributed by atoms with Crippen molar-refractivity contribution in [2.24, 2.45) is 16.8 Å². The predicted molar refractivity (Wildman–Crippen MR) is 83.4 cm³/mol. The quantitative estimate of drug-likeness (QED) is 0.344. The number of hydrogen-bond acceptors (Lipinski definition) is 4. The Morgan fingerprint density at radius 3 is 2.76 bits per heavy atom. The van der Waals surface area contributed by atoms with Crippen LogP contribution in [0.15, 0.2) is 17.2 Å². The Balaban J connectivity index is 2.39. The number of nitrogens with zero attached hydrogens (tertiary/aromatic N) is 2. The molecule has 0 saturated carbocycles. The van der Waals surface area contributed by atoms with Crippen LogP contribution in [0.1, 0.15) is 42.9 Å². The first-order chi connectivity index (χ1) is 10.0. The van der Waals surface area contributed by atoms with Gasteiger partial charge in [0.15, 0.2) is 0 Å². The lowest BCUT2D eigenvalue weighted by Crippen LogP contribution is -2.34. The first-order valence-electron chi connectivity index (χ1n) is 7.00. The molecule has 21 heavy (non-hydrogen) atoms. The Kier molecular flexibility index (Phi) is 5.39. The van der Waals surface area contributed by atoms with E-state index < -0.39 is 5.82 Å². The molecule has 0 amide bonds. The van der Waals surface area contributed by atoms with E-state index in [-0.39, 0.29) is 11.1 Å². The molecule has 1 unspecified atom stereocenters. The highest BCUT2D eigenvalue weighted by molar-refractivity contribution is 6.30. The van der Waals surface area contributed by atoms with Gasteiger partial charge in [-0.15, -0.1) is 0 Å². The predicted octanol–water partition coefficient (Wildman–Crippen LogP) is 2.08. The van der Waals surface area contributed by atoms with E-state index in [4.69, 9.17) is 23.3 Å². The van der Waals surface area contributed by atoms with Gasteiger partial charge in [-0.05, 0) is 62.0 Å². The second-order valence-electron chi connectivity index (χ2n) is 5.31. The number of piperidine rings is 1. The lowest BCUT2D eigenvalue weighted by molar-refractivity contribution is 0.352. The first kappa shape index (κ1) is 16.0. The molecular formula is C14H21ClFN5. The van der Waals surface area contributed by atoms with Gasteiger partial charge in [0.2, 0.25) is 0 Å². The minimum Gasteiger partial charge on any atom is -0.322 e. The van der Waals surface area contributed by atoms with Crippen LogP contribution in [0.2, 0.25) is 5.02 Å². The highest BCUT2D eigenvalue weighted by atomic mass is 35.5. The number of hydrazone groups is 1. The van der Waals surface area contributed by atoms with Crippen LogP contribution in [0.5, 0.6) is 0 Å². The SMILES string of the molecule is CC(c1cc(F)c(Cl)cc1C1CCNCC1)N(N)/C=N\N. The van der Waals surface area contributed by atoms with Gasteiger partial charge in [0, 0.05) is 0 Å². The summed E-state index contributed by atoms with van der Waals surface area (Å²) in [4.78, 5) is 0. The monoisotopic (exact) mass is 313 g/mol. The Hall–Kier alpha value is -1.37. The van der Waals surface area contributed by atoms with Gasteiger partial charge in [0.1, 0.15) is 12.2 Å². The third-order valence-electron chi connectivity index (χ3n) is 4.00. The summed E-state index contributed by atoms with van der Waals surface area (Å²) >= 11 is 5.97. The maximum Gasteiger partial charge on any atom is 0.142 e. The summed E-state index contributed by atoms with van der Waals surface area (Å²) in [6.07, 6.45) is 3.32. The van der Waals surface area contributed by atoms with Crippen molar-refractivity contribution in [3.05, 3.63) is 34.1 Å². The third-order valence-corrected chi connectivity index (χ3v) is 4.29. The molecule has 1 heterocycles. The van der Waals surface area contributed by atoms with Gasteiger partial charge in [-0.3, -0.25) is 5.01 Å². The summed E-state index contributed by atoms with van der Waals surface area (Å²) in [5.41, 5.74) is 1.88. The molecule has 0 spiro atoms. The molecule has 0 aliphatic carbocycles. The molecule has 5 N–H and O–H groups in total. The van der Waals surface area contributed by atoms with Gasteiger partial charge in [-0.1, -0.05) is 11.6 Å². The van der Waals surface area contributed by atoms with Crippen molar-refractivity contribution in [3.63, 3.8) is 0 Å². The molecule has 1 atom stereocenters. The van der Waals surface area contributed by atoms with Crippen molar-refractivity contribution in [1.29, 1.82) is 0 Å². The largest absolute Gasteiger partial charge is 0.322 e. The van der Waals surface area contributed by atoms with E-state index in [0.29, 0.717) is 5.92 Å². The van der Waals surface area contributed by atoms with Crippen LogP contribution in [-0.2, 0) is 0 Å². The molecule has 5 nitrogen and oxygen atoms in total. The molecule has 116 valence electrons. The van der Waals surface area contributed by atoms with Crippen LogP contribution in [0.4, 0.5) is 4.39 Å². The molecule has 0 radical (unpaired) electrons. The van der Waals surface area contributed by atoms with E-state index in [0.717, 1.165) is 37.1 Å². The van der Waals surface area contributed by atoms with E-state index >= 15 is 0 Å². The number of hydrazine groups is 1. The van der Waals surface area contributed by atoms with Gasteiger partial charge in [-0.2, -0.15) is 5.10 Å². The Morgan fingerprint density at radius 2 is 2.14 bits per heavy atom. The van der Waals surface area contributed by atoms with Crippen molar-refractivity contribution in [3.8, 4) is 0 Å². The number of hydrogen-bond donors (Lipinski definition) is 3. The molecule has 1 aliphatic heterocycles. The Bertz CT molecular complexity index is 516.